The first-order chi connectivity index (χ1) is 20.1. The summed E-state index contributed by atoms with van der Waals surface area (Å²) in [4.78, 5) is 37.4. The van der Waals surface area contributed by atoms with Crippen molar-refractivity contribution in [1.29, 1.82) is 0 Å². The Morgan fingerprint density at radius 2 is 0.878 bits per heavy atom. The smallest absolute Gasteiger partial charge is 0.316 e. The van der Waals surface area contributed by atoms with Crippen LogP contribution in [0.25, 0.3) is 0 Å². The Bertz CT molecular complexity index is 678. The van der Waals surface area contributed by atoms with Crippen molar-refractivity contribution in [3.05, 3.63) is 24.3 Å². The van der Waals surface area contributed by atoms with Crippen molar-refractivity contribution in [2.45, 2.75) is 181 Å². The molecule has 0 aromatic heterocycles. The molecule has 4 nitrogen and oxygen atoms in total. The standard InChI is InChI=1S/C37H66O4/c1-4-6-8-10-12-14-16-18-20-22-24-26-28-30-32-34(37(40)41-3)36(39)35(38)33-31-29-27-25-23-21-19-17-15-13-11-9-7-5-2/h18-21,34H,4-17,22-33H2,1-3H3/b20-18-,21-19-. The van der Waals surface area contributed by atoms with Crippen LogP contribution in [0.1, 0.15) is 181 Å². The molecular weight excluding hydrogens is 508 g/mol. The van der Waals surface area contributed by atoms with Gasteiger partial charge in [-0.3, -0.25) is 14.4 Å². The Hall–Kier alpha value is -1.71. The van der Waals surface area contributed by atoms with Gasteiger partial charge in [0.1, 0.15) is 5.92 Å². The third-order valence-electron chi connectivity index (χ3n) is 8.00. The number of rotatable bonds is 31. The van der Waals surface area contributed by atoms with E-state index in [1.165, 1.54) is 97.0 Å². The monoisotopic (exact) mass is 574 g/mol. The van der Waals surface area contributed by atoms with Crippen LogP contribution >= 0.6 is 0 Å². The Balaban J connectivity index is 3.91. The quantitative estimate of drug-likeness (QED) is 0.0271. The van der Waals surface area contributed by atoms with Gasteiger partial charge < -0.3 is 4.74 Å². The highest BCUT2D eigenvalue weighted by atomic mass is 16.5. The van der Waals surface area contributed by atoms with Crippen molar-refractivity contribution in [1.82, 2.24) is 0 Å². The molecule has 0 rings (SSSR count). The van der Waals surface area contributed by atoms with Gasteiger partial charge in [0.25, 0.3) is 0 Å². The minimum Gasteiger partial charge on any atom is -0.468 e. The first-order valence-electron chi connectivity index (χ1n) is 17.5. The van der Waals surface area contributed by atoms with Crippen LogP contribution in [-0.4, -0.2) is 24.6 Å². The molecule has 0 heterocycles. The summed E-state index contributed by atoms with van der Waals surface area (Å²) in [5.41, 5.74) is 0. The van der Waals surface area contributed by atoms with Gasteiger partial charge in [0.2, 0.25) is 5.78 Å². The van der Waals surface area contributed by atoms with E-state index in [9.17, 15) is 14.4 Å². The molecule has 0 aromatic carbocycles. The molecule has 1 atom stereocenters. The van der Waals surface area contributed by atoms with Gasteiger partial charge in [-0.15, -0.1) is 0 Å². The first kappa shape index (κ1) is 39.3. The van der Waals surface area contributed by atoms with Crippen molar-refractivity contribution < 1.29 is 19.1 Å². The number of ether oxygens (including phenoxy) is 1. The highest BCUT2D eigenvalue weighted by Crippen LogP contribution is 2.17. The Labute approximate surface area is 254 Å². The minimum atomic E-state index is -0.929. The number of esters is 1. The van der Waals surface area contributed by atoms with Crippen LogP contribution in [0.15, 0.2) is 24.3 Å². The van der Waals surface area contributed by atoms with Gasteiger partial charge in [-0.25, -0.2) is 0 Å². The van der Waals surface area contributed by atoms with Crippen molar-refractivity contribution in [3.8, 4) is 0 Å². The van der Waals surface area contributed by atoms with Crippen LogP contribution in [-0.2, 0) is 19.1 Å². The molecule has 1 unspecified atom stereocenters. The number of unbranched alkanes of at least 4 members (excludes halogenated alkanes) is 20. The molecule has 4 heteroatoms. The Morgan fingerprint density at radius 1 is 0.512 bits per heavy atom. The zero-order chi connectivity index (χ0) is 30.2. The molecule has 0 aromatic rings. The number of carbonyl (C=O) groups excluding carboxylic acids is 3. The molecule has 0 N–H and O–H groups in total. The molecule has 0 fully saturated rings. The first-order valence-corrected chi connectivity index (χ1v) is 17.5. The number of methoxy groups -OCH3 is 1. The third kappa shape index (κ3) is 25.7. The molecule has 0 aliphatic heterocycles. The molecule has 0 aliphatic carbocycles. The predicted molar refractivity (Wildman–Crippen MR) is 175 cm³/mol. The van der Waals surface area contributed by atoms with Gasteiger partial charge in [-0.1, -0.05) is 134 Å². The zero-order valence-corrected chi connectivity index (χ0v) is 27.4. The maximum atomic E-state index is 12.7. The molecule has 0 spiro atoms. The number of ketones is 2. The van der Waals surface area contributed by atoms with E-state index in [0.717, 1.165) is 57.8 Å². The number of hydrogen-bond acceptors (Lipinski definition) is 4. The normalized spacial score (nSPS) is 12.4. The molecular formula is C37H66O4. The second-order valence-electron chi connectivity index (χ2n) is 11.9. The largest absolute Gasteiger partial charge is 0.468 e. The lowest BCUT2D eigenvalue weighted by Crippen LogP contribution is -2.31. The Kier molecular flexibility index (Phi) is 29.9. The summed E-state index contributed by atoms with van der Waals surface area (Å²) in [7, 11) is 1.30. The predicted octanol–water partition coefficient (Wildman–Crippen LogP) is 11.2. The van der Waals surface area contributed by atoms with E-state index in [-0.39, 0.29) is 6.42 Å². The fraction of sp³-hybridized carbons (Fsp3) is 0.811. The number of carbonyl (C=O) groups is 3. The molecule has 0 saturated carbocycles. The number of hydrogen-bond donors (Lipinski definition) is 0. The second kappa shape index (κ2) is 31.2. The molecule has 0 saturated heterocycles. The lowest BCUT2D eigenvalue weighted by atomic mass is 9.92. The summed E-state index contributed by atoms with van der Waals surface area (Å²) in [5, 5.41) is 0. The van der Waals surface area contributed by atoms with E-state index in [1.807, 2.05) is 0 Å². The van der Waals surface area contributed by atoms with E-state index < -0.39 is 23.5 Å². The number of allylic oxidation sites excluding steroid dienone is 4. The van der Waals surface area contributed by atoms with Crippen LogP contribution in [0.4, 0.5) is 0 Å². The maximum absolute atomic E-state index is 12.7. The van der Waals surface area contributed by atoms with Gasteiger partial charge in [0, 0.05) is 6.42 Å². The molecule has 0 aliphatic rings. The summed E-state index contributed by atoms with van der Waals surface area (Å²) in [6, 6.07) is 0. The average molecular weight is 575 g/mol. The Morgan fingerprint density at radius 3 is 1.29 bits per heavy atom. The van der Waals surface area contributed by atoms with Gasteiger partial charge in [0.15, 0.2) is 5.78 Å². The fourth-order valence-electron chi connectivity index (χ4n) is 5.24. The lowest BCUT2D eigenvalue weighted by Gasteiger charge is -2.12. The van der Waals surface area contributed by atoms with E-state index >= 15 is 0 Å². The van der Waals surface area contributed by atoms with Crippen molar-refractivity contribution in [2.24, 2.45) is 5.92 Å². The van der Waals surface area contributed by atoms with Crippen LogP contribution in [0.3, 0.4) is 0 Å². The third-order valence-corrected chi connectivity index (χ3v) is 8.00. The van der Waals surface area contributed by atoms with Gasteiger partial charge in [-0.2, -0.15) is 0 Å². The molecule has 0 amide bonds. The van der Waals surface area contributed by atoms with Gasteiger partial charge >= 0.3 is 5.97 Å². The summed E-state index contributed by atoms with van der Waals surface area (Å²) in [6.45, 7) is 4.50. The lowest BCUT2D eigenvalue weighted by molar-refractivity contribution is -0.153. The summed E-state index contributed by atoms with van der Waals surface area (Å²) in [5.74, 6) is -2.45. The van der Waals surface area contributed by atoms with Crippen molar-refractivity contribution in [2.75, 3.05) is 7.11 Å². The van der Waals surface area contributed by atoms with Crippen LogP contribution in [0, 0.1) is 5.92 Å². The maximum Gasteiger partial charge on any atom is 0.316 e. The van der Waals surface area contributed by atoms with Crippen molar-refractivity contribution >= 4 is 17.5 Å². The van der Waals surface area contributed by atoms with Gasteiger partial charge in [0.05, 0.1) is 7.11 Å². The average Bonchev–Trinajstić information content (AvgIpc) is 2.98. The van der Waals surface area contributed by atoms with E-state index in [0.29, 0.717) is 12.8 Å². The highest BCUT2D eigenvalue weighted by molar-refractivity contribution is 6.41. The fourth-order valence-corrected chi connectivity index (χ4v) is 5.24. The second-order valence-corrected chi connectivity index (χ2v) is 11.9. The molecule has 0 radical (unpaired) electrons. The van der Waals surface area contributed by atoms with Crippen molar-refractivity contribution in [3.63, 3.8) is 0 Å². The summed E-state index contributed by atoms with van der Waals surface area (Å²) < 4.78 is 4.85. The topological polar surface area (TPSA) is 60.4 Å². The van der Waals surface area contributed by atoms with Crippen LogP contribution in [0.5, 0.6) is 0 Å². The summed E-state index contributed by atoms with van der Waals surface area (Å²) in [6.07, 6.45) is 38.2. The van der Waals surface area contributed by atoms with E-state index in [1.54, 1.807) is 0 Å². The molecule has 238 valence electrons. The minimum absolute atomic E-state index is 0.241. The van der Waals surface area contributed by atoms with Gasteiger partial charge in [-0.05, 0) is 64.2 Å². The van der Waals surface area contributed by atoms with Crippen LogP contribution < -0.4 is 0 Å². The van der Waals surface area contributed by atoms with Crippen LogP contribution in [0.2, 0.25) is 0 Å². The molecule has 41 heavy (non-hydrogen) atoms. The zero-order valence-electron chi connectivity index (χ0n) is 27.4. The van der Waals surface area contributed by atoms with E-state index in [4.69, 9.17) is 4.74 Å². The number of Topliss-reactive ketones (excluding diaryl/α,β-unsaturated/α-hetero) is 2. The SMILES string of the molecule is CCCCCCCC/C=C\CCCCCCC(=O)C(=O)C(CCCCCC/C=C\CCCCCCCC)C(=O)OC. The highest BCUT2D eigenvalue weighted by Gasteiger charge is 2.31. The molecule has 0 bridgehead atoms. The summed E-state index contributed by atoms with van der Waals surface area (Å²) >= 11 is 0. The van der Waals surface area contributed by atoms with E-state index in [2.05, 4.69) is 38.2 Å².